The van der Waals surface area contributed by atoms with Crippen molar-refractivity contribution < 1.29 is 45.5 Å². The van der Waals surface area contributed by atoms with Crippen LogP contribution in [-0.2, 0) is 17.6 Å². The molecule has 0 aliphatic heterocycles. The van der Waals surface area contributed by atoms with Crippen molar-refractivity contribution in [2.24, 2.45) is 5.41 Å². The standard InChI is InChI=1S/C30H25Cl2F6NO4/c1-29(2,30(36,37)38)26(41)10-5-16-3-7-21(31)19(11-16)24(40)13-17-4-9-25(43-15-27(34)35)20(12-17)28(42)39-23-8-6-18(33)14-22(23)32/h3-4,6-9,11-12,14,27H,5,10,13,15H2,1-2H3,(H,39,42). The molecule has 0 saturated carbocycles. The maximum absolute atomic E-state index is 13.4. The van der Waals surface area contributed by atoms with Crippen molar-refractivity contribution in [3.05, 3.63) is 92.7 Å². The van der Waals surface area contributed by atoms with Crippen molar-refractivity contribution in [3.8, 4) is 5.75 Å². The number of ketones is 2. The predicted octanol–water partition coefficient (Wildman–Crippen LogP) is 8.54. The van der Waals surface area contributed by atoms with E-state index in [1.807, 2.05) is 0 Å². The Bertz CT molecular complexity index is 1520. The second kappa shape index (κ2) is 13.8. The highest BCUT2D eigenvalue weighted by Crippen LogP contribution is 2.39. The van der Waals surface area contributed by atoms with Crippen molar-refractivity contribution in [2.45, 2.75) is 45.7 Å². The molecule has 0 aromatic heterocycles. The number of hydrogen-bond acceptors (Lipinski definition) is 4. The molecule has 0 fully saturated rings. The summed E-state index contributed by atoms with van der Waals surface area (Å²) in [4.78, 5) is 38.5. The quantitative estimate of drug-likeness (QED) is 0.158. The number of amides is 1. The van der Waals surface area contributed by atoms with Gasteiger partial charge >= 0.3 is 6.18 Å². The largest absolute Gasteiger partial charge is 0.487 e. The van der Waals surface area contributed by atoms with Crippen LogP contribution in [-0.4, -0.2) is 36.7 Å². The van der Waals surface area contributed by atoms with Gasteiger partial charge in [-0.25, -0.2) is 13.2 Å². The molecule has 3 aromatic carbocycles. The van der Waals surface area contributed by atoms with E-state index in [1.165, 1.54) is 42.5 Å². The van der Waals surface area contributed by atoms with Gasteiger partial charge in [0.1, 0.15) is 29.4 Å². The van der Waals surface area contributed by atoms with E-state index in [4.69, 9.17) is 27.9 Å². The molecule has 3 aromatic rings. The molecule has 0 aliphatic rings. The smallest absolute Gasteiger partial charge is 0.400 e. The average Bonchev–Trinajstić information content (AvgIpc) is 2.92. The molecular formula is C30H25Cl2F6NO4. The summed E-state index contributed by atoms with van der Waals surface area (Å²) in [5.41, 5.74) is -2.00. The lowest BCUT2D eigenvalue weighted by atomic mass is 9.84. The fourth-order valence-electron chi connectivity index (χ4n) is 3.87. The van der Waals surface area contributed by atoms with E-state index in [2.05, 4.69) is 5.32 Å². The first-order chi connectivity index (χ1) is 20.0. The third-order valence-electron chi connectivity index (χ3n) is 6.58. The molecule has 0 heterocycles. The Balaban J connectivity index is 1.83. The molecule has 0 atom stereocenters. The minimum absolute atomic E-state index is 0.0313. The molecule has 5 nitrogen and oxygen atoms in total. The van der Waals surface area contributed by atoms with Crippen molar-refractivity contribution in [1.29, 1.82) is 0 Å². The van der Waals surface area contributed by atoms with Crippen LogP contribution in [0.5, 0.6) is 5.75 Å². The molecular weight excluding hydrogens is 623 g/mol. The van der Waals surface area contributed by atoms with E-state index >= 15 is 0 Å². The summed E-state index contributed by atoms with van der Waals surface area (Å²) in [7, 11) is 0. The summed E-state index contributed by atoms with van der Waals surface area (Å²) >= 11 is 12.2. The maximum atomic E-state index is 13.4. The first-order valence-corrected chi connectivity index (χ1v) is 13.5. The molecule has 3 rings (SSSR count). The second-order valence-corrected chi connectivity index (χ2v) is 10.9. The summed E-state index contributed by atoms with van der Waals surface area (Å²) in [6.45, 7) is 0.596. The van der Waals surface area contributed by atoms with Gasteiger partial charge in [-0.15, -0.1) is 0 Å². The van der Waals surface area contributed by atoms with Gasteiger partial charge in [0.05, 0.1) is 21.3 Å². The van der Waals surface area contributed by atoms with E-state index in [9.17, 15) is 40.7 Å². The third-order valence-corrected chi connectivity index (χ3v) is 7.22. The van der Waals surface area contributed by atoms with Crippen LogP contribution in [0.25, 0.3) is 0 Å². The normalized spacial score (nSPS) is 11.9. The molecule has 0 radical (unpaired) electrons. The Kier molecular flexibility index (Phi) is 10.9. The van der Waals surface area contributed by atoms with Gasteiger partial charge in [0.25, 0.3) is 12.3 Å². The van der Waals surface area contributed by atoms with E-state index in [0.717, 1.165) is 26.0 Å². The number of anilines is 1. The fourth-order valence-corrected chi connectivity index (χ4v) is 4.31. The number of rotatable bonds is 12. The second-order valence-electron chi connectivity index (χ2n) is 10.1. The molecule has 0 aliphatic carbocycles. The number of benzene rings is 3. The highest BCUT2D eigenvalue weighted by atomic mass is 35.5. The van der Waals surface area contributed by atoms with Gasteiger partial charge in [-0.3, -0.25) is 14.4 Å². The number of ether oxygens (including phenoxy) is 1. The number of carbonyl (C=O) groups is 3. The summed E-state index contributed by atoms with van der Waals surface area (Å²) < 4.78 is 83.7. The van der Waals surface area contributed by atoms with E-state index in [-0.39, 0.29) is 51.0 Å². The Morgan fingerprint density at radius 2 is 1.53 bits per heavy atom. The van der Waals surface area contributed by atoms with E-state index in [0.29, 0.717) is 5.56 Å². The van der Waals surface area contributed by atoms with Gasteiger partial charge in [-0.2, -0.15) is 13.2 Å². The summed E-state index contributed by atoms with van der Waals surface area (Å²) in [5.74, 6) is -3.23. The molecule has 1 amide bonds. The SMILES string of the molecule is CC(C)(C(=O)CCc1ccc(Cl)c(C(=O)Cc2ccc(OCC(F)F)c(C(=O)Nc3ccc(F)cc3Cl)c2)c1)C(F)(F)F. The fraction of sp³-hybridized carbons (Fsp3) is 0.300. The van der Waals surface area contributed by atoms with Crippen LogP contribution in [0.1, 0.15) is 52.1 Å². The van der Waals surface area contributed by atoms with Gasteiger partial charge in [0.15, 0.2) is 5.78 Å². The number of alkyl halides is 5. The van der Waals surface area contributed by atoms with Crippen molar-refractivity contribution >= 4 is 46.4 Å². The Morgan fingerprint density at radius 1 is 0.884 bits per heavy atom. The van der Waals surface area contributed by atoms with Crippen molar-refractivity contribution in [2.75, 3.05) is 11.9 Å². The molecule has 0 unspecified atom stereocenters. The zero-order valence-electron chi connectivity index (χ0n) is 22.8. The highest BCUT2D eigenvalue weighted by Gasteiger charge is 2.51. The lowest BCUT2D eigenvalue weighted by molar-refractivity contribution is -0.210. The van der Waals surface area contributed by atoms with Crippen molar-refractivity contribution in [3.63, 3.8) is 0 Å². The molecule has 1 N–H and O–H groups in total. The molecule has 230 valence electrons. The van der Waals surface area contributed by atoms with Crippen LogP contribution in [0, 0.1) is 11.2 Å². The first kappa shape index (κ1) is 33.9. The minimum Gasteiger partial charge on any atom is -0.487 e. The minimum atomic E-state index is -4.72. The highest BCUT2D eigenvalue weighted by molar-refractivity contribution is 6.34. The van der Waals surface area contributed by atoms with Gasteiger partial charge in [-0.05, 0) is 73.9 Å². The van der Waals surface area contributed by atoms with Gasteiger partial charge in [0.2, 0.25) is 0 Å². The van der Waals surface area contributed by atoms with Crippen LogP contribution < -0.4 is 10.1 Å². The van der Waals surface area contributed by atoms with Crippen LogP contribution in [0.15, 0.2) is 54.6 Å². The molecule has 0 bridgehead atoms. The van der Waals surface area contributed by atoms with E-state index < -0.39 is 54.3 Å². The van der Waals surface area contributed by atoms with Crippen LogP contribution >= 0.6 is 23.2 Å². The monoisotopic (exact) mass is 647 g/mol. The predicted molar refractivity (Wildman–Crippen MR) is 150 cm³/mol. The topological polar surface area (TPSA) is 72.5 Å². The number of Topliss-reactive ketones (excluding diaryl/α,β-unsaturated/α-hetero) is 2. The summed E-state index contributed by atoms with van der Waals surface area (Å²) in [5, 5.41) is 2.38. The van der Waals surface area contributed by atoms with Crippen molar-refractivity contribution in [1.82, 2.24) is 0 Å². The number of nitrogens with one attached hydrogen (secondary N) is 1. The number of hydrogen-bond donors (Lipinski definition) is 1. The number of halogens is 8. The molecule has 0 saturated heterocycles. The maximum Gasteiger partial charge on any atom is 0.400 e. The van der Waals surface area contributed by atoms with Crippen LogP contribution in [0.3, 0.4) is 0 Å². The average molecular weight is 648 g/mol. The summed E-state index contributed by atoms with van der Waals surface area (Å²) in [6, 6.07) is 11.3. The molecule has 0 spiro atoms. The van der Waals surface area contributed by atoms with Crippen LogP contribution in [0.2, 0.25) is 10.0 Å². The lowest BCUT2D eigenvalue weighted by Crippen LogP contribution is -2.39. The lowest BCUT2D eigenvalue weighted by Gasteiger charge is -2.26. The van der Waals surface area contributed by atoms with E-state index in [1.54, 1.807) is 0 Å². The zero-order chi connectivity index (χ0) is 32.1. The number of carbonyl (C=O) groups excluding carboxylic acids is 3. The van der Waals surface area contributed by atoms with Gasteiger partial charge in [-0.1, -0.05) is 35.3 Å². The Labute approximate surface area is 253 Å². The number of aryl methyl sites for hydroxylation is 1. The molecule has 13 heteroatoms. The summed E-state index contributed by atoms with van der Waals surface area (Å²) in [6.07, 6.45) is -8.35. The van der Waals surface area contributed by atoms with Gasteiger partial charge in [0, 0.05) is 18.4 Å². The first-order valence-electron chi connectivity index (χ1n) is 12.7. The Hall–Kier alpha value is -3.57. The third kappa shape index (κ3) is 8.73. The van der Waals surface area contributed by atoms with Gasteiger partial charge < -0.3 is 10.1 Å². The zero-order valence-corrected chi connectivity index (χ0v) is 24.3. The Morgan fingerprint density at radius 3 is 2.16 bits per heavy atom. The van der Waals surface area contributed by atoms with Crippen LogP contribution in [0.4, 0.5) is 32.0 Å². The molecule has 43 heavy (non-hydrogen) atoms.